The smallest absolute Gasteiger partial charge is 0.129 e. The molecule has 0 saturated carbocycles. The molecule has 0 unspecified atom stereocenters. The van der Waals surface area contributed by atoms with Crippen LogP contribution in [0.2, 0.25) is 5.15 Å². The van der Waals surface area contributed by atoms with Crippen molar-refractivity contribution >= 4 is 17.4 Å². The molecule has 0 bridgehead atoms. The molecule has 0 fully saturated rings. The molecule has 0 aromatic carbocycles. The van der Waals surface area contributed by atoms with E-state index in [4.69, 9.17) is 16.3 Å². The first kappa shape index (κ1) is 9.53. The van der Waals surface area contributed by atoms with Crippen LogP contribution in [0.4, 0.5) is 0 Å². The van der Waals surface area contributed by atoms with Gasteiger partial charge in [0.1, 0.15) is 17.0 Å². The second-order valence-electron chi connectivity index (χ2n) is 3.60. The van der Waals surface area contributed by atoms with Gasteiger partial charge in [-0.1, -0.05) is 25.1 Å². The molecule has 3 heteroatoms. The molecule has 0 aliphatic carbocycles. The van der Waals surface area contributed by atoms with Crippen molar-refractivity contribution in [2.45, 2.75) is 25.9 Å². The fraction of sp³-hybridized carbons (Fsp3) is 0.364. The molecule has 14 heavy (non-hydrogen) atoms. The number of rotatable bonds is 0. The molecule has 2 atom stereocenters. The van der Waals surface area contributed by atoms with Crippen molar-refractivity contribution < 1.29 is 4.74 Å². The van der Waals surface area contributed by atoms with Gasteiger partial charge >= 0.3 is 0 Å². The lowest BCUT2D eigenvalue weighted by atomic mass is 9.93. The molecule has 0 radical (unpaired) electrons. The Labute approximate surface area is 88.6 Å². The molecule has 1 aromatic heterocycles. The lowest BCUT2D eigenvalue weighted by molar-refractivity contribution is 0.148. The van der Waals surface area contributed by atoms with Gasteiger partial charge in [-0.15, -0.1) is 0 Å². The van der Waals surface area contributed by atoms with E-state index in [9.17, 15) is 0 Å². The Morgan fingerprint density at radius 2 is 2.14 bits per heavy atom. The third-order valence-corrected chi connectivity index (χ3v) is 2.87. The summed E-state index contributed by atoms with van der Waals surface area (Å²) in [5, 5.41) is 0.525. The molecule has 0 N–H and O–H groups in total. The minimum Gasteiger partial charge on any atom is -0.490 e. The van der Waals surface area contributed by atoms with Crippen molar-refractivity contribution in [3.05, 3.63) is 35.1 Å². The minimum atomic E-state index is 0.112. The summed E-state index contributed by atoms with van der Waals surface area (Å²) in [6.45, 7) is 7.96. The summed E-state index contributed by atoms with van der Waals surface area (Å²) in [4.78, 5) is 4.32. The van der Waals surface area contributed by atoms with Crippen molar-refractivity contribution in [2.24, 2.45) is 0 Å². The van der Waals surface area contributed by atoms with Gasteiger partial charge < -0.3 is 4.74 Å². The van der Waals surface area contributed by atoms with Crippen molar-refractivity contribution in [2.75, 3.05) is 0 Å². The van der Waals surface area contributed by atoms with E-state index in [1.165, 1.54) is 0 Å². The second kappa shape index (κ2) is 3.28. The maximum absolute atomic E-state index is 5.86. The van der Waals surface area contributed by atoms with Gasteiger partial charge in [0.15, 0.2) is 0 Å². The summed E-state index contributed by atoms with van der Waals surface area (Å²) in [6, 6.07) is 3.67. The standard InChI is InChI=1S/C11H12ClNO/c1-6-7(2)14-8(3)9-4-5-10(12)13-11(6)9/h4-7H,3H2,1-2H3/t6-,7+/m1/s1. The molecule has 2 nitrogen and oxygen atoms in total. The number of fused-ring (bicyclic) bond motifs is 1. The first-order valence-electron chi connectivity index (χ1n) is 4.62. The molecule has 74 valence electrons. The topological polar surface area (TPSA) is 22.1 Å². The number of ether oxygens (including phenoxy) is 1. The Bertz CT molecular complexity index is 389. The van der Waals surface area contributed by atoms with Crippen LogP contribution in [0.25, 0.3) is 5.76 Å². The molecule has 0 saturated heterocycles. The zero-order valence-electron chi connectivity index (χ0n) is 8.25. The van der Waals surface area contributed by atoms with Crippen LogP contribution in [0.5, 0.6) is 0 Å². The number of aromatic nitrogens is 1. The normalized spacial score (nSPS) is 25.5. The van der Waals surface area contributed by atoms with E-state index in [0.29, 0.717) is 10.9 Å². The molecule has 0 amide bonds. The summed E-state index contributed by atoms with van der Waals surface area (Å²) in [5.41, 5.74) is 1.96. The highest BCUT2D eigenvalue weighted by molar-refractivity contribution is 6.29. The van der Waals surface area contributed by atoms with Crippen molar-refractivity contribution in [3.63, 3.8) is 0 Å². The molecular weight excluding hydrogens is 198 g/mol. The summed E-state index contributed by atoms with van der Waals surface area (Å²) in [5.74, 6) is 0.948. The molecule has 1 aromatic rings. The molecule has 2 rings (SSSR count). The predicted molar refractivity (Wildman–Crippen MR) is 57.2 cm³/mol. The first-order chi connectivity index (χ1) is 6.59. The van der Waals surface area contributed by atoms with E-state index in [-0.39, 0.29) is 12.0 Å². The summed E-state index contributed by atoms with van der Waals surface area (Å²) >= 11 is 5.86. The third-order valence-electron chi connectivity index (χ3n) is 2.65. The number of halogens is 1. The highest BCUT2D eigenvalue weighted by atomic mass is 35.5. The fourth-order valence-electron chi connectivity index (χ4n) is 1.65. The van der Waals surface area contributed by atoms with E-state index in [0.717, 1.165) is 11.3 Å². The average molecular weight is 210 g/mol. The lowest BCUT2D eigenvalue weighted by Gasteiger charge is -2.29. The van der Waals surface area contributed by atoms with Crippen LogP contribution in [0.3, 0.4) is 0 Å². The Balaban J connectivity index is 2.56. The molecule has 2 heterocycles. The number of nitrogens with zero attached hydrogens (tertiary/aromatic N) is 1. The summed E-state index contributed by atoms with van der Waals surface area (Å²) in [6.07, 6.45) is 0.112. The van der Waals surface area contributed by atoms with E-state index < -0.39 is 0 Å². The van der Waals surface area contributed by atoms with Gasteiger partial charge in [0.2, 0.25) is 0 Å². The zero-order valence-corrected chi connectivity index (χ0v) is 9.01. The van der Waals surface area contributed by atoms with Crippen LogP contribution < -0.4 is 0 Å². The number of hydrogen-bond acceptors (Lipinski definition) is 2. The van der Waals surface area contributed by atoms with Gasteiger partial charge in [-0.2, -0.15) is 0 Å². The van der Waals surface area contributed by atoms with Gasteiger partial charge in [0.05, 0.1) is 5.69 Å². The van der Waals surface area contributed by atoms with E-state index in [2.05, 4.69) is 18.5 Å². The minimum absolute atomic E-state index is 0.112. The van der Waals surface area contributed by atoms with Crippen LogP contribution in [0, 0.1) is 0 Å². The van der Waals surface area contributed by atoms with Crippen LogP contribution in [-0.2, 0) is 4.74 Å². The van der Waals surface area contributed by atoms with E-state index >= 15 is 0 Å². The molecule has 0 spiro atoms. The second-order valence-corrected chi connectivity index (χ2v) is 3.99. The monoisotopic (exact) mass is 209 g/mol. The van der Waals surface area contributed by atoms with Crippen LogP contribution in [-0.4, -0.2) is 11.1 Å². The van der Waals surface area contributed by atoms with Crippen molar-refractivity contribution in [3.8, 4) is 0 Å². The Hall–Kier alpha value is -1.02. The first-order valence-corrected chi connectivity index (χ1v) is 4.99. The van der Waals surface area contributed by atoms with Crippen LogP contribution >= 0.6 is 11.6 Å². The van der Waals surface area contributed by atoms with Crippen LogP contribution in [0.1, 0.15) is 31.0 Å². The SMILES string of the molecule is C=C1O[C@@H](C)[C@@H](C)c2nc(Cl)ccc21. The molecule has 1 aliphatic heterocycles. The van der Waals surface area contributed by atoms with Crippen molar-refractivity contribution in [1.29, 1.82) is 0 Å². The van der Waals surface area contributed by atoms with Crippen molar-refractivity contribution in [1.82, 2.24) is 4.98 Å². The van der Waals surface area contributed by atoms with Crippen LogP contribution in [0.15, 0.2) is 18.7 Å². The lowest BCUT2D eigenvalue weighted by Crippen LogP contribution is -2.23. The highest BCUT2D eigenvalue weighted by Gasteiger charge is 2.27. The summed E-state index contributed by atoms with van der Waals surface area (Å²) < 4.78 is 5.59. The number of hydrogen-bond donors (Lipinski definition) is 0. The summed E-state index contributed by atoms with van der Waals surface area (Å²) in [7, 11) is 0. The van der Waals surface area contributed by atoms with Gasteiger partial charge in [-0.3, -0.25) is 0 Å². The van der Waals surface area contributed by atoms with E-state index in [1.807, 2.05) is 13.0 Å². The molecule has 1 aliphatic rings. The fourth-order valence-corrected chi connectivity index (χ4v) is 1.80. The van der Waals surface area contributed by atoms with Gasteiger partial charge in [0.25, 0.3) is 0 Å². The maximum Gasteiger partial charge on any atom is 0.129 e. The Morgan fingerprint density at radius 1 is 1.43 bits per heavy atom. The number of pyridine rings is 1. The largest absolute Gasteiger partial charge is 0.490 e. The average Bonchev–Trinajstić information content (AvgIpc) is 2.14. The van der Waals surface area contributed by atoms with Gasteiger partial charge in [-0.05, 0) is 19.1 Å². The zero-order chi connectivity index (χ0) is 10.3. The third kappa shape index (κ3) is 1.40. The predicted octanol–water partition coefficient (Wildman–Crippen LogP) is 3.23. The van der Waals surface area contributed by atoms with Gasteiger partial charge in [-0.25, -0.2) is 4.98 Å². The Kier molecular flexibility index (Phi) is 2.23. The maximum atomic E-state index is 5.86. The highest BCUT2D eigenvalue weighted by Crippen LogP contribution is 2.35. The molecular formula is C11H12ClNO. The van der Waals surface area contributed by atoms with Gasteiger partial charge in [0, 0.05) is 11.5 Å². The quantitative estimate of drug-likeness (QED) is 0.612. The Morgan fingerprint density at radius 3 is 2.86 bits per heavy atom. The van der Waals surface area contributed by atoms with E-state index in [1.54, 1.807) is 6.07 Å².